The lowest BCUT2D eigenvalue weighted by molar-refractivity contribution is -0.118. The normalized spacial score (nSPS) is 16.3. The molecule has 0 fully saturated rings. The van der Waals surface area contributed by atoms with Gasteiger partial charge in [-0.3, -0.25) is 4.79 Å². The van der Waals surface area contributed by atoms with Crippen molar-refractivity contribution in [2.24, 2.45) is 0 Å². The van der Waals surface area contributed by atoms with Crippen molar-refractivity contribution >= 4 is 17.4 Å². The number of rotatable bonds is 4. The van der Waals surface area contributed by atoms with Crippen LogP contribution in [0.3, 0.4) is 0 Å². The van der Waals surface area contributed by atoms with Gasteiger partial charge in [-0.25, -0.2) is 0 Å². The number of methoxy groups -OCH3 is 1. The minimum absolute atomic E-state index is 0.115. The van der Waals surface area contributed by atoms with Gasteiger partial charge in [-0.1, -0.05) is 30.3 Å². The highest BCUT2D eigenvalue weighted by Crippen LogP contribution is 2.37. The number of carbonyl (C=O) groups excluding carboxylic acids is 1. The summed E-state index contributed by atoms with van der Waals surface area (Å²) in [7, 11) is 1.64. The predicted molar refractivity (Wildman–Crippen MR) is 87.0 cm³/mol. The molecule has 0 N–H and O–H groups in total. The second-order valence-corrected chi connectivity index (χ2v) is 5.38. The number of hydrogen-bond donors (Lipinski definition) is 0. The van der Waals surface area contributed by atoms with Crippen LogP contribution in [-0.2, 0) is 4.79 Å². The molecular weight excluding hydrogens is 276 g/mol. The Balaban J connectivity index is 2.07. The molecule has 3 heteroatoms. The number of hydrogen-bond acceptors (Lipinski definition) is 3. The molecule has 0 aliphatic carbocycles. The first kappa shape index (κ1) is 14.4. The number of carbonyl (C=O) groups is 1. The van der Waals surface area contributed by atoms with Gasteiger partial charge < -0.3 is 9.47 Å². The van der Waals surface area contributed by atoms with Crippen LogP contribution in [-0.4, -0.2) is 19.0 Å². The molecule has 1 aliphatic rings. The standard InChI is InChI=1S/C19H18O3/c1-13(20)10-19-17(14-6-4-3-5-7-14)12-15-11-16(21-2)8-9-18(15)22-19/h3-9,11-12,19H,10H2,1-2H3. The van der Waals surface area contributed by atoms with E-state index in [1.54, 1.807) is 14.0 Å². The van der Waals surface area contributed by atoms with E-state index in [0.717, 1.165) is 28.2 Å². The summed E-state index contributed by atoms with van der Waals surface area (Å²) in [5.41, 5.74) is 3.07. The Morgan fingerprint density at radius 3 is 2.64 bits per heavy atom. The van der Waals surface area contributed by atoms with Crippen LogP contribution >= 0.6 is 0 Å². The maximum Gasteiger partial charge on any atom is 0.133 e. The van der Waals surface area contributed by atoms with Gasteiger partial charge >= 0.3 is 0 Å². The highest BCUT2D eigenvalue weighted by Gasteiger charge is 2.25. The van der Waals surface area contributed by atoms with E-state index in [2.05, 4.69) is 6.08 Å². The molecule has 0 saturated heterocycles. The molecule has 0 aromatic heterocycles. The molecule has 0 saturated carbocycles. The van der Waals surface area contributed by atoms with Crippen molar-refractivity contribution in [3.8, 4) is 11.5 Å². The van der Waals surface area contributed by atoms with Gasteiger partial charge in [0, 0.05) is 17.6 Å². The largest absolute Gasteiger partial charge is 0.497 e. The van der Waals surface area contributed by atoms with E-state index in [1.807, 2.05) is 48.5 Å². The third kappa shape index (κ3) is 2.89. The van der Waals surface area contributed by atoms with Gasteiger partial charge in [0.2, 0.25) is 0 Å². The van der Waals surface area contributed by atoms with Gasteiger partial charge in [0.1, 0.15) is 23.4 Å². The van der Waals surface area contributed by atoms with Gasteiger partial charge in [0.05, 0.1) is 7.11 Å². The summed E-state index contributed by atoms with van der Waals surface area (Å²) in [6.45, 7) is 1.59. The summed E-state index contributed by atoms with van der Waals surface area (Å²) in [6.07, 6.45) is 2.21. The van der Waals surface area contributed by atoms with Crippen molar-refractivity contribution in [3.05, 3.63) is 59.7 Å². The zero-order chi connectivity index (χ0) is 15.5. The quantitative estimate of drug-likeness (QED) is 0.855. The molecule has 0 amide bonds. The highest BCUT2D eigenvalue weighted by atomic mass is 16.5. The first-order valence-corrected chi connectivity index (χ1v) is 7.28. The van der Waals surface area contributed by atoms with Gasteiger partial charge in [0.25, 0.3) is 0 Å². The fourth-order valence-corrected chi connectivity index (χ4v) is 2.66. The summed E-state index contributed by atoms with van der Waals surface area (Å²) >= 11 is 0. The van der Waals surface area contributed by atoms with E-state index < -0.39 is 0 Å². The molecule has 1 unspecified atom stereocenters. The van der Waals surface area contributed by atoms with Crippen LogP contribution in [0.4, 0.5) is 0 Å². The Morgan fingerprint density at radius 1 is 1.18 bits per heavy atom. The Hall–Kier alpha value is -2.55. The lowest BCUT2D eigenvalue weighted by Gasteiger charge is -2.27. The Labute approximate surface area is 130 Å². The van der Waals surface area contributed by atoms with E-state index in [-0.39, 0.29) is 11.9 Å². The first-order chi connectivity index (χ1) is 10.7. The van der Waals surface area contributed by atoms with Gasteiger partial charge in [-0.05, 0) is 36.8 Å². The number of ketones is 1. The monoisotopic (exact) mass is 294 g/mol. The maximum absolute atomic E-state index is 11.6. The molecule has 2 aromatic carbocycles. The minimum Gasteiger partial charge on any atom is -0.497 e. The topological polar surface area (TPSA) is 35.5 Å². The van der Waals surface area contributed by atoms with Crippen molar-refractivity contribution in [2.45, 2.75) is 19.4 Å². The molecule has 22 heavy (non-hydrogen) atoms. The highest BCUT2D eigenvalue weighted by molar-refractivity contribution is 5.90. The van der Waals surface area contributed by atoms with Crippen LogP contribution in [0.25, 0.3) is 11.6 Å². The molecule has 1 atom stereocenters. The van der Waals surface area contributed by atoms with Crippen molar-refractivity contribution in [3.63, 3.8) is 0 Å². The van der Waals surface area contributed by atoms with Crippen molar-refractivity contribution in [2.75, 3.05) is 7.11 Å². The third-order valence-corrected chi connectivity index (χ3v) is 3.72. The van der Waals surface area contributed by atoms with Crippen molar-refractivity contribution < 1.29 is 14.3 Å². The summed E-state index contributed by atoms with van der Waals surface area (Å²) in [5.74, 6) is 1.69. The van der Waals surface area contributed by atoms with E-state index in [9.17, 15) is 4.79 Å². The average Bonchev–Trinajstić information content (AvgIpc) is 2.54. The number of benzene rings is 2. The molecule has 3 nitrogen and oxygen atoms in total. The molecule has 2 aromatic rings. The first-order valence-electron chi connectivity index (χ1n) is 7.28. The fourth-order valence-electron chi connectivity index (χ4n) is 2.66. The van der Waals surface area contributed by atoms with Gasteiger partial charge in [0.15, 0.2) is 0 Å². The Kier molecular flexibility index (Phi) is 3.96. The maximum atomic E-state index is 11.6. The van der Waals surface area contributed by atoms with Crippen LogP contribution < -0.4 is 9.47 Å². The molecule has 112 valence electrons. The van der Waals surface area contributed by atoms with Crippen LogP contribution in [0.1, 0.15) is 24.5 Å². The van der Waals surface area contributed by atoms with E-state index in [1.165, 1.54) is 0 Å². The number of ether oxygens (including phenoxy) is 2. The van der Waals surface area contributed by atoms with E-state index >= 15 is 0 Å². The average molecular weight is 294 g/mol. The zero-order valence-corrected chi connectivity index (χ0v) is 12.7. The summed E-state index contributed by atoms with van der Waals surface area (Å²) in [4.78, 5) is 11.6. The summed E-state index contributed by atoms with van der Waals surface area (Å²) < 4.78 is 11.3. The zero-order valence-electron chi connectivity index (χ0n) is 12.7. The molecule has 0 spiro atoms. The second kappa shape index (κ2) is 6.06. The Morgan fingerprint density at radius 2 is 1.95 bits per heavy atom. The lowest BCUT2D eigenvalue weighted by Crippen LogP contribution is -2.24. The SMILES string of the molecule is COc1ccc2c(c1)C=C(c1ccccc1)C(CC(C)=O)O2. The van der Waals surface area contributed by atoms with Gasteiger partial charge in [-0.2, -0.15) is 0 Å². The molecular formula is C19H18O3. The van der Waals surface area contributed by atoms with Crippen molar-refractivity contribution in [1.82, 2.24) is 0 Å². The van der Waals surface area contributed by atoms with Crippen LogP contribution in [0, 0.1) is 0 Å². The number of Topliss-reactive ketones (excluding diaryl/α,β-unsaturated/α-hetero) is 1. The molecule has 1 aliphatic heterocycles. The third-order valence-electron chi connectivity index (χ3n) is 3.72. The van der Waals surface area contributed by atoms with Crippen molar-refractivity contribution in [1.29, 1.82) is 0 Å². The summed E-state index contributed by atoms with van der Waals surface area (Å²) in [6, 6.07) is 15.7. The van der Waals surface area contributed by atoms with E-state index in [4.69, 9.17) is 9.47 Å². The molecule has 0 radical (unpaired) electrons. The minimum atomic E-state index is -0.249. The molecule has 1 heterocycles. The number of fused-ring (bicyclic) bond motifs is 1. The van der Waals surface area contributed by atoms with Crippen LogP contribution in [0.5, 0.6) is 11.5 Å². The van der Waals surface area contributed by atoms with Crippen LogP contribution in [0.2, 0.25) is 0 Å². The predicted octanol–water partition coefficient (Wildman–Crippen LogP) is 3.98. The second-order valence-electron chi connectivity index (χ2n) is 5.38. The molecule has 0 bridgehead atoms. The Bertz CT molecular complexity index is 717. The smallest absolute Gasteiger partial charge is 0.133 e. The van der Waals surface area contributed by atoms with Crippen LogP contribution in [0.15, 0.2) is 48.5 Å². The van der Waals surface area contributed by atoms with Gasteiger partial charge in [-0.15, -0.1) is 0 Å². The lowest BCUT2D eigenvalue weighted by atomic mass is 9.92. The summed E-state index contributed by atoms with van der Waals surface area (Å²) in [5, 5.41) is 0. The van der Waals surface area contributed by atoms with E-state index in [0.29, 0.717) is 6.42 Å². The fraction of sp³-hybridized carbons (Fsp3) is 0.211. The molecule has 3 rings (SSSR count).